The van der Waals surface area contributed by atoms with Gasteiger partial charge in [0.2, 0.25) is 0 Å². The highest BCUT2D eigenvalue weighted by Crippen LogP contribution is 1.87. The standard InChI is InChI=1S/C7H18N2.C2H6.H2/c1-3-6-9(4-2)7-5-8;1-2;/h3-8H2,1-2H3;1-2H3;1H. The normalized spacial score (nSPS) is 9.27. The number of rotatable bonds is 5. The van der Waals surface area contributed by atoms with Crippen LogP contribution in [-0.2, 0) is 0 Å². The quantitative estimate of drug-likeness (QED) is 0.669. The Labute approximate surface area is 73.2 Å². The van der Waals surface area contributed by atoms with Crippen molar-refractivity contribution in [3.63, 3.8) is 0 Å². The van der Waals surface area contributed by atoms with Gasteiger partial charge in [-0.25, -0.2) is 0 Å². The lowest BCUT2D eigenvalue weighted by Gasteiger charge is -2.17. The Balaban J connectivity index is -0.000000249. The fraction of sp³-hybridized carbons (Fsp3) is 1.00. The van der Waals surface area contributed by atoms with Gasteiger partial charge in [0.05, 0.1) is 0 Å². The summed E-state index contributed by atoms with van der Waals surface area (Å²) < 4.78 is 0. The lowest BCUT2D eigenvalue weighted by Crippen LogP contribution is -2.29. The maximum absolute atomic E-state index is 5.39. The molecule has 0 aromatic rings. The third kappa shape index (κ3) is 9.92. The van der Waals surface area contributed by atoms with Gasteiger partial charge in [0, 0.05) is 14.5 Å². The average molecular weight is 162 g/mol. The highest BCUT2D eigenvalue weighted by molar-refractivity contribution is 4.52. The van der Waals surface area contributed by atoms with Gasteiger partial charge >= 0.3 is 0 Å². The van der Waals surface area contributed by atoms with Gasteiger partial charge in [0.25, 0.3) is 0 Å². The van der Waals surface area contributed by atoms with Gasteiger partial charge < -0.3 is 10.6 Å². The third-order valence-corrected chi connectivity index (χ3v) is 1.43. The summed E-state index contributed by atoms with van der Waals surface area (Å²) in [4.78, 5) is 2.36. The first kappa shape index (κ1) is 13.5. The Bertz CT molecular complexity index is 54.5. The van der Waals surface area contributed by atoms with Crippen LogP contribution < -0.4 is 5.73 Å². The highest BCUT2D eigenvalue weighted by atomic mass is 15.1. The molecule has 0 aromatic carbocycles. The fourth-order valence-corrected chi connectivity index (χ4v) is 0.927. The van der Waals surface area contributed by atoms with Crippen molar-refractivity contribution >= 4 is 0 Å². The van der Waals surface area contributed by atoms with E-state index in [1.165, 1.54) is 13.0 Å². The van der Waals surface area contributed by atoms with Crippen LogP contribution in [0.1, 0.15) is 35.5 Å². The summed E-state index contributed by atoms with van der Waals surface area (Å²) in [6.07, 6.45) is 1.23. The second-order valence-electron chi connectivity index (χ2n) is 2.22. The second kappa shape index (κ2) is 12.6. The van der Waals surface area contributed by atoms with Crippen LogP contribution in [0.3, 0.4) is 0 Å². The van der Waals surface area contributed by atoms with Gasteiger partial charge in [-0.05, 0) is 19.5 Å². The molecule has 0 fully saturated rings. The number of nitrogens with zero attached hydrogens (tertiary/aromatic N) is 1. The molecule has 0 unspecified atom stereocenters. The number of hydrogen-bond donors (Lipinski definition) is 1. The lowest BCUT2D eigenvalue weighted by molar-refractivity contribution is 0.297. The Hall–Kier alpha value is -0.0800. The summed E-state index contributed by atoms with van der Waals surface area (Å²) in [5.74, 6) is 0. The molecule has 0 rings (SSSR count). The first-order valence-electron chi connectivity index (χ1n) is 4.77. The van der Waals surface area contributed by atoms with Crippen LogP contribution >= 0.6 is 0 Å². The summed E-state index contributed by atoms with van der Waals surface area (Å²) in [6, 6.07) is 0. The molecule has 0 aromatic heterocycles. The second-order valence-corrected chi connectivity index (χ2v) is 2.22. The molecule has 11 heavy (non-hydrogen) atoms. The van der Waals surface area contributed by atoms with Crippen molar-refractivity contribution in [3.8, 4) is 0 Å². The largest absolute Gasteiger partial charge is 0.329 e. The zero-order valence-electron chi connectivity index (χ0n) is 8.56. The molecule has 0 saturated carbocycles. The predicted octanol–water partition coefficient (Wildman–Crippen LogP) is 1.95. The maximum atomic E-state index is 5.39. The van der Waals surface area contributed by atoms with Gasteiger partial charge in [-0.2, -0.15) is 0 Å². The molecule has 0 heterocycles. The van der Waals surface area contributed by atoms with Crippen molar-refractivity contribution in [2.45, 2.75) is 34.1 Å². The summed E-state index contributed by atoms with van der Waals surface area (Å²) in [5, 5.41) is 0. The summed E-state index contributed by atoms with van der Waals surface area (Å²) in [6.45, 7) is 12.5. The van der Waals surface area contributed by atoms with Crippen molar-refractivity contribution < 1.29 is 1.43 Å². The van der Waals surface area contributed by atoms with Crippen molar-refractivity contribution in [2.75, 3.05) is 26.2 Å². The zero-order chi connectivity index (χ0) is 9.11. The van der Waals surface area contributed by atoms with Crippen molar-refractivity contribution in [1.29, 1.82) is 0 Å². The molecule has 0 radical (unpaired) electrons. The average Bonchev–Trinajstić information content (AvgIpc) is 2.08. The minimum Gasteiger partial charge on any atom is -0.329 e. The Morgan fingerprint density at radius 3 is 2.00 bits per heavy atom. The van der Waals surface area contributed by atoms with Crippen LogP contribution in [0.4, 0.5) is 0 Å². The molecule has 0 bridgehead atoms. The van der Waals surface area contributed by atoms with Crippen molar-refractivity contribution in [1.82, 2.24) is 4.90 Å². The molecule has 0 aliphatic heterocycles. The van der Waals surface area contributed by atoms with Gasteiger partial charge in [-0.3, -0.25) is 0 Å². The monoisotopic (exact) mass is 162 g/mol. The molecule has 0 spiro atoms. The number of likely N-dealkylation sites (N-methyl/N-ethyl adjacent to an activating group) is 1. The molecule has 0 aliphatic carbocycles. The van der Waals surface area contributed by atoms with E-state index < -0.39 is 0 Å². The summed E-state index contributed by atoms with van der Waals surface area (Å²) >= 11 is 0. The molecule has 0 atom stereocenters. The van der Waals surface area contributed by atoms with Crippen LogP contribution in [0.15, 0.2) is 0 Å². The smallest absolute Gasteiger partial charge is 0.0104 e. The first-order valence-corrected chi connectivity index (χ1v) is 4.77. The molecule has 0 amide bonds. The van der Waals surface area contributed by atoms with Gasteiger partial charge in [-0.15, -0.1) is 0 Å². The summed E-state index contributed by atoms with van der Waals surface area (Å²) in [5.41, 5.74) is 5.39. The minimum absolute atomic E-state index is 0. The van der Waals surface area contributed by atoms with E-state index in [2.05, 4.69) is 18.7 Å². The third-order valence-electron chi connectivity index (χ3n) is 1.43. The Morgan fingerprint density at radius 1 is 1.18 bits per heavy atom. The lowest BCUT2D eigenvalue weighted by atomic mass is 10.4. The van der Waals surface area contributed by atoms with Gasteiger partial charge in [0.15, 0.2) is 0 Å². The Morgan fingerprint density at radius 2 is 1.73 bits per heavy atom. The zero-order valence-corrected chi connectivity index (χ0v) is 8.56. The van der Waals surface area contributed by atoms with Gasteiger partial charge in [-0.1, -0.05) is 27.7 Å². The van der Waals surface area contributed by atoms with Gasteiger partial charge in [0.1, 0.15) is 0 Å². The molecule has 72 valence electrons. The molecular weight excluding hydrogens is 136 g/mol. The van der Waals surface area contributed by atoms with Crippen LogP contribution in [-0.4, -0.2) is 31.1 Å². The van der Waals surface area contributed by atoms with E-state index in [-0.39, 0.29) is 1.43 Å². The van der Waals surface area contributed by atoms with Crippen LogP contribution in [0.25, 0.3) is 0 Å². The van der Waals surface area contributed by atoms with E-state index in [1.807, 2.05) is 13.8 Å². The number of nitrogens with two attached hydrogens (primary N) is 1. The van der Waals surface area contributed by atoms with E-state index in [0.717, 1.165) is 19.6 Å². The maximum Gasteiger partial charge on any atom is 0.0104 e. The van der Waals surface area contributed by atoms with E-state index in [0.29, 0.717) is 0 Å². The predicted molar refractivity (Wildman–Crippen MR) is 54.9 cm³/mol. The van der Waals surface area contributed by atoms with E-state index in [1.54, 1.807) is 0 Å². The van der Waals surface area contributed by atoms with Crippen molar-refractivity contribution in [3.05, 3.63) is 0 Å². The molecule has 0 saturated heterocycles. The minimum atomic E-state index is 0. The molecule has 0 aliphatic rings. The molecule has 2 N–H and O–H groups in total. The van der Waals surface area contributed by atoms with E-state index in [4.69, 9.17) is 5.73 Å². The summed E-state index contributed by atoms with van der Waals surface area (Å²) in [7, 11) is 0. The molecule has 2 nitrogen and oxygen atoms in total. The number of hydrogen-bond acceptors (Lipinski definition) is 2. The fourth-order valence-electron chi connectivity index (χ4n) is 0.927. The molecular formula is C9H26N2. The van der Waals surface area contributed by atoms with Crippen LogP contribution in [0, 0.1) is 0 Å². The van der Waals surface area contributed by atoms with E-state index in [9.17, 15) is 0 Å². The molecule has 2 heteroatoms. The Kier molecular flexibility index (Phi) is 15.4. The first-order chi connectivity index (χ1) is 5.35. The van der Waals surface area contributed by atoms with E-state index >= 15 is 0 Å². The topological polar surface area (TPSA) is 29.3 Å². The highest BCUT2D eigenvalue weighted by Gasteiger charge is 1.95. The SMILES string of the molecule is CC.CCCN(CC)CCN.[HH]. The van der Waals surface area contributed by atoms with Crippen LogP contribution in [0.2, 0.25) is 0 Å². The van der Waals surface area contributed by atoms with Crippen molar-refractivity contribution in [2.24, 2.45) is 5.73 Å². The van der Waals surface area contributed by atoms with Crippen LogP contribution in [0.5, 0.6) is 0 Å².